The second-order valence-corrected chi connectivity index (χ2v) is 8.95. The Morgan fingerprint density at radius 2 is 1.65 bits per heavy atom. The van der Waals surface area contributed by atoms with E-state index in [0.29, 0.717) is 0 Å². The molecule has 1 atom stereocenters. The van der Waals surface area contributed by atoms with Crippen LogP contribution in [0.15, 0.2) is 76.2 Å². The Labute approximate surface area is 179 Å². The van der Waals surface area contributed by atoms with Crippen molar-refractivity contribution < 1.29 is 26.8 Å². The minimum atomic E-state index is -4.03. The molecule has 0 spiro atoms. The van der Waals surface area contributed by atoms with Crippen molar-refractivity contribution in [2.24, 2.45) is 0 Å². The van der Waals surface area contributed by atoms with Gasteiger partial charge in [-0.1, -0.05) is 24.3 Å². The zero-order valence-electron chi connectivity index (χ0n) is 16.7. The SMILES string of the molecule is Cc1ccccc1CNC(=O)C(=O)NC[C@@H](c1ccco1)S(=O)(=O)c1ccc(F)cc1. The number of benzene rings is 2. The van der Waals surface area contributed by atoms with E-state index in [4.69, 9.17) is 4.42 Å². The summed E-state index contributed by atoms with van der Waals surface area (Å²) in [4.78, 5) is 24.2. The quantitative estimate of drug-likeness (QED) is 0.431. The van der Waals surface area contributed by atoms with Gasteiger partial charge in [0.25, 0.3) is 0 Å². The first-order chi connectivity index (χ1) is 14.8. The number of halogens is 1. The third kappa shape index (κ3) is 5.37. The van der Waals surface area contributed by atoms with Crippen LogP contribution in [0.3, 0.4) is 0 Å². The van der Waals surface area contributed by atoms with Gasteiger partial charge in [0, 0.05) is 13.1 Å². The highest BCUT2D eigenvalue weighted by molar-refractivity contribution is 7.91. The number of carbonyl (C=O) groups excluding carboxylic acids is 2. The topological polar surface area (TPSA) is 105 Å². The molecule has 9 heteroatoms. The molecule has 0 aliphatic carbocycles. The molecule has 2 amide bonds. The molecule has 7 nitrogen and oxygen atoms in total. The van der Waals surface area contributed by atoms with Gasteiger partial charge in [-0.3, -0.25) is 9.59 Å². The van der Waals surface area contributed by atoms with Crippen LogP contribution in [0.2, 0.25) is 0 Å². The van der Waals surface area contributed by atoms with Crippen LogP contribution in [0.1, 0.15) is 22.1 Å². The summed E-state index contributed by atoms with van der Waals surface area (Å²) in [6.45, 7) is 1.65. The van der Waals surface area contributed by atoms with E-state index in [1.54, 1.807) is 0 Å². The Hall–Kier alpha value is -3.46. The van der Waals surface area contributed by atoms with Crippen molar-refractivity contribution in [2.45, 2.75) is 23.6 Å². The highest BCUT2D eigenvalue weighted by Crippen LogP contribution is 2.29. The molecule has 162 valence electrons. The molecule has 1 aromatic heterocycles. The number of nitrogens with one attached hydrogen (secondary N) is 2. The second kappa shape index (κ2) is 9.57. The lowest BCUT2D eigenvalue weighted by Crippen LogP contribution is -2.42. The standard InChI is InChI=1S/C22H21FN2O5S/c1-15-5-2-3-6-16(15)13-24-21(26)22(27)25-14-20(19-7-4-12-30-19)31(28,29)18-10-8-17(23)9-11-18/h2-12,20H,13-14H2,1H3,(H,24,26)(H,25,27)/t20-/m0/s1. The lowest BCUT2D eigenvalue weighted by atomic mass is 10.1. The average Bonchev–Trinajstić information content (AvgIpc) is 3.27. The molecule has 0 saturated carbocycles. The van der Waals surface area contributed by atoms with Crippen LogP contribution < -0.4 is 10.6 Å². The minimum Gasteiger partial charge on any atom is -0.468 e. The fraction of sp³-hybridized carbons (Fsp3) is 0.182. The van der Waals surface area contributed by atoms with Crippen molar-refractivity contribution in [1.29, 1.82) is 0 Å². The minimum absolute atomic E-state index is 0.0879. The first-order valence-corrected chi connectivity index (χ1v) is 11.0. The monoisotopic (exact) mass is 444 g/mol. The van der Waals surface area contributed by atoms with Gasteiger partial charge in [0.2, 0.25) is 0 Å². The van der Waals surface area contributed by atoms with E-state index < -0.39 is 39.3 Å². The van der Waals surface area contributed by atoms with Crippen LogP contribution in [0.4, 0.5) is 4.39 Å². The second-order valence-electron chi connectivity index (χ2n) is 6.82. The van der Waals surface area contributed by atoms with Crippen LogP contribution in [0, 0.1) is 12.7 Å². The van der Waals surface area contributed by atoms with Gasteiger partial charge in [-0.15, -0.1) is 0 Å². The fourth-order valence-electron chi connectivity index (χ4n) is 2.96. The number of carbonyl (C=O) groups is 2. The largest absolute Gasteiger partial charge is 0.468 e. The van der Waals surface area contributed by atoms with Crippen LogP contribution in [0.5, 0.6) is 0 Å². The Morgan fingerprint density at radius 1 is 0.968 bits per heavy atom. The number of hydrogen-bond acceptors (Lipinski definition) is 5. The maximum absolute atomic E-state index is 13.2. The van der Waals surface area contributed by atoms with Gasteiger partial charge in [0.1, 0.15) is 16.8 Å². The van der Waals surface area contributed by atoms with Crippen molar-refractivity contribution in [3.05, 3.63) is 89.6 Å². The lowest BCUT2D eigenvalue weighted by Gasteiger charge is -2.16. The summed E-state index contributed by atoms with van der Waals surface area (Å²) in [5.41, 5.74) is 1.82. The lowest BCUT2D eigenvalue weighted by molar-refractivity contribution is -0.139. The molecule has 0 fully saturated rings. The van der Waals surface area contributed by atoms with Gasteiger partial charge < -0.3 is 15.1 Å². The zero-order chi connectivity index (χ0) is 22.4. The summed E-state index contributed by atoms with van der Waals surface area (Å²) in [5, 5.41) is 3.56. The summed E-state index contributed by atoms with van der Waals surface area (Å²) in [6, 6.07) is 14.7. The zero-order valence-corrected chi connectivity index (χ0v) is 17.5. The van der Waals surface area contributed by atoms with E-state index in [-0.39, 0.29) is 17.2 Å². The van der Waals surface area contributed by atoms with Gasteiger partial charge in [-0.25, -0.2) is 12.8 Å². The first-order valence-electron chi connectivity index (χ1n) is 9.42. The predicted octanol–water partition coefficient (Wildman–Crippen LogP) is 2.67. The summed E-state index contributed by atoms with van der Waals surface area (Å²) >= 11 is 0. The van der Waals surface area contributed by atoms with Gasteiger partial charge in [0.15, 0.2) is 9.84 Å². The molecule has 0 saturated heterocycles. The van der Waals surface area contributed by atoms with Crippen LogP contribution in [-0.2, 0) is 26.0 Å². The van der Waals surface area contributed by atoms with E-state index in [2.05, 4.69) is 10.6 Å². The molecule has 0 aliphatic heterocycles. The van der Waals surface area contributed by atoms with Crippen molar-refractivity contribution in [1.82, 2.24) is 10.6 Å². The van der Waals surface area contributed by atoms with Crippen molar-refractivity contribution in [2.75, 3.05) is 6.54 Å². The number of aryl methyl sites for hydroxylation is 1. The van der Waals surface area contributed by atoms with E-state index in [1.807, 2.05) is 31.2 Å². The van der Waals surface area contributed by atoms with Gasteiger partial charge >= 0.3 is 11.8 Å². The molecule has 0 unspecified atom stereocenters. The Bertz CT molecular complexity index is 1160. The molecule has 0 radical (unpaired) electrons. The summed E-state index contributed by atoms with van der Waals surface area (Å²) in [5.74, 6) is -2.35. The van der Waals surface area contributed by atoms with E-state index in [1.165, 1.54) is 18.4 Å². The number of sulfone groups is 1. The van der Waals surface area contributed by atoms with Crippen LogP contribution in [0.25, 0.3) is 0 Å². The van der Waals surface area contributed by atoms with E-state index >= 15 is 0 Å². The molecule has 3 aromatic rings. The smallest absolute Gasteiger partial charge is 0.309 e. The summed E-state index contributed by atoms with van der Waals surface area (Å²) in [6.07, 6.45) is 1.30. The van der Waals surface area contributed by atoms with Gasteiger partial charge in [-0.2, -0.15) is 0 Å². The maximum atomic E-state index is 13.2. The van der Waals surface area contributed by atoms with Gasteiger partial charge in [-0.05, 0) is 54.4 Å². The third-order valence-corrected chi connectivity index (χ3v) is 6.81. The highest BCUT2D eigenvalue weighted by atomic mass is 32.2. The number of furan rings is 1. The maximum Gasteiger partial charge on any atom is 0.309 e. The average molecular weight is 444 g/mol. The molecule has 1 heterocycles. The molecule has 0 aliphatic rings. The summed E-state index contributed by atoms with van der Waals surface area (Å²) < 4.78 is 44.5. The predicted molar refractivity (Wildman–Crippen MR) is 111 cm³/mol. The van der Waals surface area contributed by atoms with E-state index in [0.717, 1.165) is 35.4 Å². The van der Waals surface area contributed by atoms with Crippen molar-refractivity contribution in [3.63, 3.8) is 0 Å². The molecule has 3 rings (SSSR count). The normalized spacial score (nSPS) is 12.2. The number of rotatable bonds is 7. The van der Waals surface area contributed by atoms with Crippen LogP contribution >= 0.6 is 0 Å². The number of hydrogen-bond donors (Lipinski definition) is 2. The first kappa shape index (κ1) is 22.2. The molecular weight excluding hydrogens is 423 g/mol. The summed E-state index contributed by atoms with van der Waals surface area (Å²) in [7, 11) is -4.03. The van der Waals surface area contributed by atoms with E-state index in [9.17, 15) is 22.4 Å². The Kier molecular flexibility index (Phi) is 6.86. The van der Waals surface area contributed by atoms with Crippen molar-refractivity contribution in [3.8, 4) is 0 Å². The molecule has 0 bridgehead atoms. The third-order valence-electron chi connectivity index (χ3n) is 4.73. The van der Waals surface area contributed by atoms with Crippen molar-refractivity contribution >= 4 is 21.7 Å². The Morgan fingerprint density at radius 3 is 2.29 bits per heavy atom. The molecule has 31 heavy (non-hydrogen) atoms. The highest BCUT2D eigenvalue weighted by Gasteiger charge is 2.32. The fourth-order valence-corrected chi connectivity index (χ4v) is 4.54. The van der Waals surface area contributed by atoms with Crippen LogP contribution in [-0.4, -0.2) is 26.8 Å². The Balaban J connectivity index is 1.69. The molecule has 2 aromatic carbocycles. The number of amides is 2. The molecular formula is C22H21FN2O5S. The molecule has 2 N–H and O–H groups in total. The van der Waals surface area contributed by atoms with Gasteiger partial charge in [0.05, 0.1) is 11.2 Å².